The van der Waals surface area contributed by atoms with E-state index in [0.717, 1.165) is 38.0 Å². The second-order valence-corrected chi connectivity index (χ2v) is 7.84. The maximum atomic E-state index is 12.4. The summed E-state index contributed by atoms with van der Waals surface area (Å²) < 4.78 is 29.0. The lowest BCUT2D eigenvalue weighted by molar-refractivity contribution is -0.151. The Morgan fingerprint density at radius 3 is 2.58 bits per heavy atom. The minimum atomic E-state index is -2.84. The summed E-state index contributed by atoms with van der Waals surface area (Å²) in [6.07, 6.45) is 3.70. The van der Waals surface area contributed by atoms with Gasteiger partial charge in [0.1, 0.15) is 5.75 Å². The van der Waals surface area contributed by atoms with E-state index >= 15 is 0 Å². The van der Waals surface area contributed by atoms with E-state index in [2.05, 4.69) is 9.72 Å². The molecule has 1 saturated carbocycles. The van der Waals surface area contributed by atoms with Crippen LogP contribution >= 0.6 is 0 Å². The smallest absolute Gasteiger partial charge is 0.387 e. The number of rotatable bonds is 5. The standard InChI is InChI=1S/C19H26F2N2O3/c1-12-16(26-18(20)21)4-3-15(22-12)9-13-5-7-23(8-6-13)17(24)14-10-19(2,25)11-14/h3-4,13-14,18,25H,5-11H2,1-2H3. The van der Waals surface area contributed by atoms with Crippen molar-refractivity contribution in [1.82, 2.24) is 9.88 Å². The zero-order chi connectivity index (χ0) is 18.9. The largest absolute Gasteiger partial charge is 0.433 e. The number of carbonyl (C=O) groups is 1. The first kappa shape index (κ1) is 19.0. The molecule has 0 atom stereocenters. The van der Waals surface area contributed by atoms with Gasteiger partial charge in [-0.25, -0.2) is 0 Å². The Kier molecular flexibility index (Phi) is 5.46. The van der Waals surface area contributed by atoms with Crippen LogP contribution in [-0.4, -0.2) is 46.2 Å². The lowest BCUT2D eigenvalue weighted by Gasteiger charge is -2.43. The van der Waals surface area contributed by atoms with Crippen LogP contribution in [-0.2, 0) is 11.2 Å². The van der Waals surface area contributed by atoms with Crippen LogP contribution in [0.4, 0.5) is 8.78 Å². The summed E-state index contributed by atoms with van der Waals surface area (Å²) in [6.45, 7) is 2.05. The van der Waals surface area contributed by atoms with E-state index in [-0.39, 0.29) is 17.6 Å². The highest BCUT2D eigenvalue weighted by Crippen LogP contribution is 2.39. The van der Waals surface area contributed by atoms with Crippen LogP contribution in [0.25, 0.3) is 0 Å². The van der Waals surface area contributed by atoms with Crippen LogP contribution in [0, 0.1) is 18.8 Å². The third kappa shape index (κ3) is 4.50. The number of likely N-dealkylation sites (tertiary alicyclic amines) is 1. The molecule has 0 radical (unpaired) electrons. The molecule has 1 amide bonds. The molecular weight excluding hydrogens is 342 g/mol. The molecule has 1 N–H and O–H groups in total. The zero-order valence-electron chi connectivity index (χ0n) is 15.3. The van der Waals surface area contributed by atoms with Gasteiger partial charge in [0.25, 0.3) is 0 Å². The first-order valence-electron chi connectivity index (χ1n) is 9.16. The number of nitrogens with zero attached hydrogens (tertiary/aromatic N) is 2. The van der Waals surface area contributed by atoms with Crippen LogP contribution in [0.15, 0.2) is 12.1 Å². The highest BCUT2D eigenvalue weighted by atomic mass is 19.3. The van der Waals surface area contributed by atoms with Crippen LogP contribution in [0.1, 0.15) is 44.0 Å². The monoisotopic (exact) mass is 368 g/mol. The van der Waals surface area contributed by atoms with Gasteiger partial charge in [-0.1, -0.05) is 0 Å². The predicted octanol–water partition coefficient (Wildman–Crippen LogP) is 2.93. The molecule has 26 heavy (non-hydrogen) atoms. The molecule has 3 rings (SSSR count). The Morgan fingerprint density at radius 1 is 1.38 bits per heavy atom. The van der Waals surface area contributed by atoms with Crippen LogP contribution < -0.4 is 4.74 Å². The molecule has 0 spiro atoms. The molecule has 1 aliphatic heterocycles. The SMILES string of the molecule is Cc1nc(CC2CCN(C(=O)C3CC(C)(O)C3)CC2)ccc1OC(F)F. The van der Waals surface area contributed by atoms with Crippen molar-refractivity contribution >= 4 is 5.91 Å². The number of hydrogen-bond donors (Lipinski definition) is 1. The molecule has 2 aliphatic rings. The van der Waals surface area contributed by atoms with E-state index in [1.807, 2.05) is 4.90 Å². The Bertz CT molecular complexity index is 650. The Hall–Kier alpha value is -1.76. The van der Waals surface area contributed by atoms with Crippen molar-refractivity contribution in [3.05, 3.63) is 23.5 Å². The fraction of sp³-hybridized carbons (Fsp3) is 0.684. The molecule has 1 aromatic heterocycles. The van der Waals surface area contributed by atoms with Gasteiger partial charge in [-0.2, -0.15) is 8.78 Å². The van der Waals surface area contributed by atoms with Crippen molar-refractivity contribution < 1.29 is 23.4 Å². The van der Waals surface area contributed by atoms with Gasteiger partial charge in [-0.15, -0.1) is 0 Å². The molecule has 0 bridgehead atoms. The Balaban J connectivity index is 1.48. The highest BCUT2D eigenvalue weighted by molar-refractivity contribution is 5.80. The second kappa shape index (κ2) is 7.47. The minimum Gasteiger partial charge on any atom is -0.433 e. The summed E-state index contributed by atoms with van der Waals surface area (Å²) in [6, 6.07) is 3.28. The number of halogens is 2. The molecule has 1 aliphatic carbocycles. The third-order valence-corrected chi connectivity index (χ3v) is 5.46. The van der Waals surface area contributed by atoms with E-state index in [0.29, 0.717) is 24.5 Å². The Labute approximate surface area is 152 Å². The summed E-state index contributed by atoms with van der Waals surface area (Å²) in [7, 11) is 0. The Morgan fingerprint density at radius 2 is 2.04 bits per heavy atom. The summed E-state index contributed by atoms with van der Waals surface area (Å²) in [5.74, 6) is 0.670. The van der Waals surface area contributed by atoms with Gasteiger partial charge < -0.3 is 14.7 Å². The number of amides is 1. The van der Waals surface area contributed by atoms with Gasteiger partial charge in [0.15, 0.2) is 0 Å². The number of aromatic nitrogens is 1. The number of alkyl halides is 2. The van der Waals surface area contributed by atoms with Crippen LogP contribution in [0.2, 0.25) is 0 Å². The van der Waals surface area contributed by atoms with Gasteiger partial charge in [0.05, 0.1) is 11.3 Å². The van der Waals surface area contributed by atoms with Crippen molar-refractivity contribution in [3.8, 4) is 5.75 Å². The first-order valence-corrected chi connectivity index (χ1v) is 9.16. The van der Waals surface area contributed by atoms with Crippen molar-refractivity contribution in [2.24, 2.45) is 11.8 Å². The second-order valence-electron chi connectivity index (χ2n) is 7.84. The quantitative estimate of drug-likeness (QED) is 0.868. The average molecular weight is 368 g/mol. The molecule has 2 fully saturated rings. The van der Waals surface area contributed by atoms with Gasteiger partial charge in [-0.05, 0) is 64.0 Å². The minimum absolute atomic E-state index is 0.0340. The zero-order valence-corrected chi connectivity index (χ0v) is 15.3. The molecule has 144 valence electrons. The number of ether oxygens (including phenoxy) is 1. The molecule has 1 saturated heterocycles. The van der Waals surface area contributed by atoms with Gasteiger partial charge >= 0.3 is 6.61 Å². The van der Waals surface area contributed by atoms with Gasteiger partial charge in [0, 0.05) is 24.7 Å². The fourth-order valence-electron chi connectivity index (χ4n) is 4.02. The molecular formula is C19H26F2N2O3. The molecule has 0 unspecified atom stereocenters. The summed E-state index contributed by atoms with van der Waals surface area (Å²) >= 11 is 0. The lowest BCUT2D eigenvalue weighted by atomic mass is 9.71. The fourth-order valence-corrected chi connectivity index (χ4v) is 4.02. The van der Waals surface area contributed by atoms with Crippen molar-refractivity contribution in [2.45, 2.75) is 58.2 Å². The summed E-state index contributed by atoms with van der Waals surface area (Å²) in [5, 5.41) is 9.80. The molecule has 1 aromatic rings. The van der Waals surface area contributed by atoms with E-state index in [4.69, 9.17) is 0 Å². The number of aliphatic hydroxyl groups is 1. The summed E-state index contributed by atoms with van der Waals surface area (Å²) in [4.78, 5) is 18.7. The summed E-state index contributed by atoms with van der Waals surface area (Å²) in [5.41, 5.74) is 0.652. The topological polar surface area (TPSA) is 62.7 Å². The number of carbonyl (C=O) groups excluding carboxylic acids is 1. The average Bonchev–Trinajstić information content (AvgIpc) is 2.55. The number of piperidine rings is 1. The van der Waals surface area contributed by atoms with E-state index < -0.39 is 12.2 Å². The third-order valence-electron chi connectivity index (χ3n) is 5.46. The van der Waals surface area contributed by atoms with Crippen LogP contribution in [0.5, 0.6) is 5.75 Å². The molecule has 7 heteroatoms. The predicted molar refractivity (Wildman–Crippen MR) is 92.0 cm³/mol. The van der Waals surface area contributed by atoms with E-state index in [9.17, 15) is 18.7 Å². The number of aryl methyl sites for hydroxylation is 1. The van der Waals surface area contributed by atoms with E-state index in [1.54, 1.807) is 26.0 Å². The molecule has 0 aromatic carbocycles. The van der Waals surface area contributed by atoms with Crippen molar-refractivity contribution in [2.75, 3.05) is 13.1 Å². The van der Waals surface area contributed by atoms with Crippen LogP contribution in [0.3, 0.4) is 0 Å². The molecule has 5 nitrogen and oxygen atoms in total. The van der Waals surface area contributed by atoms with Crippen molar-refractivity contribution in [3.63, 3.8) is 0 Å². The first-order chi connectivity index (χ1) is 12.2. The molecule has 2 heterocycles. The maximum Gasteiger partial charge on any atom is 0.387 e. The van der Waals surface area contributed by atoms with Gasteiger partial charge in [0.2, 0.25) is 5.91 Å². The van der Waals surface area contributed by atoms with E-state index in [1.165, 1.54) is 0 Å². The van der Waals surface area contributed by atoms with Gasteiger partial charge in [-0.3, -0.25) is 9.78 Å². The number of hydrogen-bond acceptors (Lipinski definition) is 4. The highest BCUT2D eigenvalue weighted by Gasteiger charge is 2.44. The number of pyridine rings is 1. The van der Waals surface area contributed by atoms with Crippen molar-refractivity contribution in [1.29, 1.82) is 0 Å². The lowest BCUT2D eigenvalue weighted by Crippen LogP contribution is -2.51. The maximum absolute atomic E-state index is 12.4. The normalized spacial score (nSPS) is 26.7.